The molecule has 0 saturated carbocycles. The maximum Gasteiger partial charge on any atom is 0.228 e. The van der Waals surface area contributed by atoms with Crippen LogP contribution in [0.25, 0.3) is 0 Å². The first-order valence-corrected chi connectivity index (χ1v) is 6.65. The summed E-state index contributed by atoms with van der Waals surface area (Å²) in [6.07, 6.45) is 0.290. The van der Waals surface area contributed by atoms with Crippen LogP contribution in [0, 0.1) is 5.82 Å². The predicted molar refractivity (Wildman–Crippen MR) is 70.4 cm³/mol. The molecule has 2 rings (SSSR count). The third-order valence-electron chi connectivity index (χ3n) is 2.58. The monoisotopic (exact) mass is 287 g/mol. The molecule has 18 heavy (non-hydrogen) atoms. The number of benzene rings is 1. The maximum atomic E-state index is 13.2. The molecule has 0 aromatic heterocycles. The highest BCUT2D eigenvalue weighted by Gasteiger charge is 2.32. The normalized spacial score (nSPS) is 19.4. The van der Waals surface area contributed by atoms with E-state index in [1.165, 1.54) is 24.0 Å². The van der Waals surface area contributed by atoms with Crippen molar-refractivity contribution in [3.8, 4) is 0 Å². The van der Waals surface area contributed by atoms with Crippen molar-refractivity contribution >= 4 is 40.1 Å². The summed E-state index contributed by atoms with van der Waals surface area (Å²) < 4.78 is 13.2. The zero-order valence-corrected chi connectivity index (χ0v) is 11.2. The lowest BCUT2D eigenvalue weighted by Crippen LogP contribution is -2.25. The molecule has 96 valence electrons. The van der Waals surface area contributed by atoms with Crippen LogP contribution in [0.3, 0.4) is 0 Å². The number of rotatable bonds is 2. The van der Waals surface area contributed by atoms with Gasteiger partial charge in [-0.25, -0.2) is 4.39 Å². The van der Waals surface area contributed by atoms with Gasteiger partial charge in [0, 0.05) is 35.8 Å². The fourth-order valence-electron chi connectivity index (χ4n) is 1.93. The number of anilines is 1. The van der Waals surface area contributed by atoms with Gasteiger partial charge in [-0.15, -0.1) is 0 Å². The van der Waals surface area contributed by atoms with Crippen molar-refractivity contribution in [2.24, 2.45) is 0 Å². The molecule has 1 aliphatic heterocycles. The Morgan fingerprint density at radius 3 is 2.83 bits per heavy atom. The van der Waals surface area contributed by atoms with Gasteiger partial charge in [0.1, 0.15) is 5.82 Å². The highest BCUT2D eigenvalue weighted by molar-refractivity contribution is 8.14. The first kappa shape index (κ1) is 13.4. The van der Waals surface area contributed by atoms with Crippen LogP contribution in [0.2, 0.25) is 5.02 Å². The molecular formula is C12H11ClFNO2S. The maximum absolute atomic E-state index is 13.2. The van der Waals surface area contributed by atoms with E-state index < -0.39 is 5.82 Å². The van der Waals surface area contributed by atoms with E-state index in [4.69, 9.17) is 11.6 Å². The van der Waals surface area contributed by atoms with Gasteiger partial charge in [-0.05, 0) is 18.2 Å². The minimum Gasteiger partial charge on any atom is -0.311 e. The zero-order chi connectivity index (χ0) is 13.3. The minimum absolute atomic E-state index is 0.0214. The fraction of sp³-hybridized carbons (Fsp3) is 0.333. The first-order chi connectivity index (χ1) is 8.45. The molecule has 3 nitrogen and oxygen atoms in total. The molecule has 0 aliphatic carbocycles. The average Bonchev–Trinajstić information content (AvgIpc) is 2.56. The Bertz CT molecular complexity index is 489. The van der Waals surface area contributed by atoms with Crippen LogP contribution in [-0.4, -0.2) is 22.8 Å². The van der Waals surface area contributed by atoms with Crippen LogP contribution >= 0.6 is 23.4 Å². The van der Waals surface area contributed by atoms with Gasteiger partial charge in [0.25, 0.3) is 0 Å². The largest absolute Gasteiger partial charge is 0.311 e. The van der Waals surface area contributed by atoms with Crippen molar-refractivity contribution in [1.29, 1.82) is 0 Å². The summed E-state index contributed by atoms with van der Waals surface area (Å²) in [5.41, 5.74) is 0.441. The SMILES string of the molecule is CC(=O)SC1CC(=O)N(c2cc(F)cc(Cl)c2)C1. The Kier molecular flexibility index (Phi) is 3.92. The number of hydrogen-bond donors (Lipinski definition) is 0. The van der Waals surface area contributed by atoms with E-state index in [2.05, 4.69) is 0 Å². The van der Waals surface area contributed by atoms with Crippen LogP contribution in [-0.2, 0) is 9.59 Å². The van der Waals surface area contributed by atoms with E-state index in [9.17, 15) is 14.0 Å². The molecule has 1 atom stereocenters. The van der Waals surface area contributed by atoms with Crippen LogP contribution in [0.1, 0.15) is 13.3 Å². The van der Waals surface area contributed by atoms with E-state index >= 15 is 0 Å². The van der Waals surface area contributed by atoms with Crippen LogP contribution in [0.15, 0.2) is 18.2 Å². The van der Waals surface area contributed by atoms with Crippen molar-refractivity contribution < 1.29 is 14.0 Å². The number of thioether (sulfide) groups is 1. The standard InChI is InChI=1S/C12H11ClFNO2S/c1-7(16)18-11-5-12(17)15(6-11)10-3-8(13)2-9(14)4-10/h2-4,11H,5-6H2,1H3. The molecule has 1 aromatic rings. The summed E-state index contributed by atoms with van der Waals surface area (Å²) in [6, 6.07) is 4.00. The molecule has 1 aromatic carbocycles. The Hall–Kier alpha value is -1.07. The van der Waals surface area contributed by atoms with Crippen molar-refractivity contribution in [3.63, 3.8) is 0 Å². The van der Waals surface area contributed by atoms with E-state index in [0.717, 1.165) is 11.8 Å². The molecule has 1 amide bonds. The number of halogens is 2. The van der Waals surface area contributed by atoms with Gasteiger partial charge in [-0.3, -0.25) is 9.59 Å². The van der Waals surface area contributed by atoms with Gasteiger partial charge < -0.3 is 4.90 Å². The van der Waals surface area contributed by atoms with E-state index in [-0.39, 0.29) is 21.3 Å². The van der Waals surface area contributed by atoms with Crippen molar-refractivity contribution in [2.75, 3.05) is 11.4 Å². The predicted octanol–water partition coefficient (Wildman–Crippen LogP) is 2.86. The van der Waals surface area contributed by atoms with E-state index in [1.807, 2.05) is 0 Å². The van der Waals surface area contributed by atoms with Gasteiger partial charge in [0.15, 0.2) is 5.12 Å². The molecule has 1 heterocycles. The average molecular weight is 288 g/mol. The highest BCUT2D eigenvalue weighted by atomic mass is 35.5. The lowest BCUT2D eigenvalue weighted by Gasteiger charge is -2.16. The Balaban J connectivity index is 2.18. The van der Waals surface area contributed by atoms with Gasteiger partial charge in [0.05, 0.1) is 0 Å². The van der Waals surface area contributed by atoms with Crippen LogP contribution in [0.4, 0.5) is 10.1 Å². The molecule has 0 bridgehead atoms. The number of amides is 1. The van der Waals surface area contributed by atoms with Gasteiger partial charge in [-0.2, -0.15) is 0 Å². The Morgan fingerprint density at radius 1 is 1.50 bits per heavy atom. The summed E-state index contributed by atoms with van der Waals surface area (Å²) in [4.78, 5) is 24.3. The lowest BCUT2D eigenvalue weighted by atomic mass is 10.3. The molecule has 0 spiro atoms. The van der Waals surface area contributed by atoms with E-state index in [0.29, 0.717) is 18.7 Å². The zero-order valence-electron chi connectivity index (χ0n) is 9.65. The number of carbonyl (C=O) groups excluding carboxylic acids is 2. The number of hydrogen-bond acceptors (Lipinski definition) is 3. The second-order valence-electron chi connectivity index (χ2n) is 4.07. The summed E-state index contributed by atoms with van der Waals surface area (Å²) in [6.45, 7) is 1.87. The van der Waals surface area contributed by atoms with Crippen LogP contribution in [0.5, 0.6) is 0 Å². The highest BCUT2D eigenvalue weighted by Crippen LogP contribution is 2.30. The second-order valence-corrected chi connectivity index (χ2v) is 5.98. The third-order valence-corrected chi connectivity index (χ3v) is 3.78. The minimum atomic E-state index is -0.479. The van der Waals surface area contributed by atoms with Crippen LogP contribution < -0.4 is 4.90 Å². The second kappa shape index (κ2) is 5.28. The topological polar surface area (TPSA) is 37.4 Å². The van der Waals surface area contributed by atoms with Gasteiger partial charge >= 0.3 is 0 Å². The van der Waals surface area contributed by atoms with Gasteiger partial charge in [-0.1, -0.05) is 23.4 Å². The molecule has 0 N–H and O–H groups in total. The third kappa shape index (κ3) is 3.03. The molecule has 1 fully saturated rings. The molecule has 1 saturated heterocycles. The molecule has 1 unspecified atom stereocenters. The summed E-state index contributed by atoms with van der Waals surface area (Å²) in [7, 11) is 0. The molecular weight excluding hydrogens is 277 g/mol. The molecule has 6 heteroatoms. The number of nitrogens with zero attached hydrogens (tertiary/aromatic N) is 1. The smallest absolute Gasteiger partial charge is 0.228 e. The van der Waals surface area contributed by atoms with Crippen molar-refractivity contribution in [3.05, 3.63) is 29.0 Å². The Morgan fingerprint density at radius 2 is 2.22 bits per heavy atom. The summed E-state index contributed by atoms with van der Waals surface area (Å²) in [5.74, 6) is -0.594. The van der Waals surface area contributed by atoms with E-state index in [1.54, 1.807) is 6.07 Å². The fourth-order valence-corrected chi connectivity index (χ4v) is 3.07. The summed E-state index contributed by atoms with van der Waals surface area (Å²) >= 11 is 6.90. The number of carbonyl (C=O) groups is 2. The molecule has 0 radical (unpaired) electrons. The van der Waals surface area contributed by atoms with Gasteiger partial charge in [0.2, 0.25) is 5.91 Å². The lowest BCUT2D eigenvalue weighted by molar-refractivity contribution is -0.117. The van der Waals surface area contributed by atoms with Crippen molar-refractivity contribution in [1.82, 2.24) is 0 Å². The molecule has 1 aliphatic rings. The van der Waals surface area contributed by atoms with Crippen molar-refractivity contribution in [2.45, 2.75) is 18.6 Å². The quantitative estimate of drug-likeness (QED) is 0.839. The first-order valence-electron chi connectivity index (χ1n) is 5.39. The Labute approximate surface area is 113 Å². The summed E-state index contributed by atoms with van der Waals surface area (Å²) in [5, 5.41) is 0.157.